The summed E-state index contributed by atoms with van der Waals surface area (Å²) in [6.45, 7) is 2.64. The predicted octanol–water partition coefficient (Wildman–Crippen LogP) is 4.37. The minimum absolute atomic E-state index is 0.0881. The molecule has 0 aromatic heterocycles. The lowest BCUT2D eigenvalue weighted by molar-refractivity contribution is 0.234. The molecule has 2 N–H and O–H groups in total. The van der Waals surface area contributed by atoms with Gasteiger partial charge in [-0.3, -0.25) is 0 Å². The lowest BCUT2D eigenvalue weighted by Gasteiger charge is -2.25. The van der Waals surface area contributed by atoms with E-state index >= 15 is 0 Å². The van der Waals surface area contributed by atoms with Crippen LogP contribution in [0, 0.1) is 0 Å². The molecule has 3 nitrogen and oxygen atoms in total. The third kappa shape index (κ3) is 3.75. The number of hydrogen-bond acceptors (Lipinski definition) is 1. The van der Waals surface area contributed by atoms with Gasteiger partial charge in [-0.05, 0) is 43.0 Å². The summed E-state index contributed by atoms with van der Waals surface area (Å²) in [7, 11) is 0. The monoisotopic (exact) mass is 372 g/mol. The Morgan fingerprint density at radius 3 is 2.39 bits per heavy atom. The van der Waals surface area contributed by atoms with Crippen molar-refractivity contribution in [3.63, 3.8) is 0 Å². The van der Waals surface area contributed by atoms with Crippen LogP contribution in [-0.2, 0) is 12.0 Å². The minimum atomic E-state index is -0.107. The fourth-order valence-corrected chi connectivity index (χ4v) is 3.32. The van der Waals surface area contributed by atoms with Crippen LogP contribution in [0.25, 0.3) is 0 Å². The van der Waals surface area contributed by atoms with E-state index in [2.05, 4.69) is 57.8 Å². The van der Waals surface area contributed by atoms with Gasteiger partial charge in [0.05, 0.1) is 0 Å². The number of benzene rings is 2. The fraction of sp³-hybridized carbons (Fsp3) is 0.316. The van der Waals surface area contributed by atoms with E-state index in [-0.39, 0.29) is 17.5 Å². The van der Waals surface area contributed by atoms with Crippen LogP contribution in [0.2, 0.25) is 0 Å². The van der Waals surface area contributed by atoms with Crippen LogP contribution in [0.1, 0.15) is 30.9 Å². The molecule has 2 aromatic rings. The van der Waals surface area contributed by atoms with Crippen molar-refractivity contribution in [2.75, 3.05) is 0 Å². The second-order valence-electron chi connectivity index (χ2n) is 6.20. The average Bonchev–Trinajstić information content (AvgIpc) is 3.36. The first kappa shape index (κ1) is 16.1. The molecule has 0 bridgehead atoms. The number of nitrogens with one attached hydrogen (secondary N) is 2. The molecule has 0 heterocycles. The molecule has 0 aliphatic heterocycles. The van der Waals surface area contributed by atoms with Crippen molar-refractivity contribution in [2.45, 2.75) is 37.8 Å². The number of hydrogen-bond donors (Lipinski definition) is 2. The second-order valence-corrected chi connectivity index (χ2v) is 7.11. The number of carbonyl (C=O) groups is 1. The summed E-state index contributed by atoms with van der Waals surface area (Å²) in [5, 5.41) is 6.04. The van der Waals surface area contributed by atoms with Crippen LogP contribution < -0.4 is 10.6 Å². The Hall–Kier alpha value is -1.81. The van der Waals surface area contributed by atoms with E-state index in [0.29, 0.717) is 6.54 Å². The van der Waals surface area contributed by atoms with Crippen molar-refractivity contribution in [2.24, 2.45) is 0 Å². The van der Waals surface area contributed by atoms with E-state index in [1.807, 2.05) is 30.3 Å². The van der Waals surface area contributed by atoms with E-state index in [1.54, 1.807) is 0 Å². The maximum Gasteiger partial charge on any atom is 0.315 e. The Kier molecular flexibility index (Phi) is 4.71. The first-order chi connectivity index (χ1) is 11.1. The zero-order valence-electron chi connectivity index (χ0n) is 13.2. The highest BCUT2D eigenvalue weighted by Crippen LogP contribution is 2.51. The number of amides is 2. The lowest BCUT2D eigenvalue weighted by atomic mass is 9.89. The molecule has 1 aliphatic carbocycles. The van der Waals surface area contributed by atoms with Crippen LogP contribution >= 0.6 is 15.9 Å². The highest BCUT2D eigenvalue weighted by Gasteiger charge is 2.49. The standard InChI is InChI=1S/C19H21BrN2O/c1-14(19(11-12-19)16-7-9-17(20)10-8-16)22-18(23)21-13-15-5-3-2-4-6-15/h2-10,14H,11-13H2,1H3,(H2,21,22,23). The van der Waals surface area contributed by atoms with Crippen molar-refractivity contribution < 1.29 is 4.79 Å². The highest BCUT2D eigenvalue weighted by molar-refractivity contribution is 9.10. The van der Waals surface area contributed by atoms with E-state index in [9.17, 15) is 4.79 Å². The smallest absolute Gasteiger partial charge is 0.315 e. The van der Waals surface area contributed by atoms with Gasteiger partial charge in [0, 0.05) is 22.5 Å². The molecule has 0 radical (unpaired) electrons. The quantitative estimate of drug-likeness (QED) is 0.803. The first-order valence-electron chi connectivity index (χ1n) is 7.94. The maximum absolute atomic E-state index is 12.2. The van der Waals surface area contributed by atoms with Crippen LogP contribution in [-0.4, -0.2) is 12.1 Å². The summed E-state index contributed by atoms with van der Waals surface area (Å²) in [4.78, 5) is 12.2. The van der Waals surface area contributed by atoms with E-state index in [4.69, 9.17) is 0 Å². The Balaban J connectivity index is 1.57. The molecule has 2 aromatic carbocycles. The average molecular weight is 373 g/mol. The minimum Gasteiger partial charge on any atom is -0.335 e. The number of halogens is 1. The number of carbonyl (C=O) groups excluding carboxylic acids is 1. The summed E-state index contributed by atoms with van der Waals surface area (Å²) in [5.41, 5.74) is 2.49. The third-order valence-corrected chi connectivity index (χ3v) is 5.21. The van der Waals surface area contributed by atoms with Gasteiger partial charge in [-0.2, -0.15) is 0 Å². The summed E-state index contributed by atoms with van der Waals surface area (Å²) in [6, 6.07) is 18.4. The fourth-order valence-electron chi connectivity index (χ4n) is 3.05. The molecule has 1 saturated carbocycles. The summed E-state index contributed by atoms with van der Waals surface area (Å²) < 4.78 is 1.08. The maximum atomic E-state index is 12.2. The Morgan fingerprint density at radius 2 is 1.78 bits per heavy atom. The third-order valence-electron chi connectivity index (χ3n) is 4.68. The van der Waals surface area contributed by atoms with Crippen molar-refractivity contribution in [1.82, 2.24) is 10.6 Å². The molecule has 2 amide bonds. The van der Waals surface area contributed by atoms with Crippen LogP contribution in [0.15, 0.2) is 59.1 Å². The van der Waals surface area contributed by atoms with Gasteiger partial charge in [-0.1, -0.05) is 58.4 Å². The first-order valence-corrected chi connectivity index (χ1v) is 8.74. The molecule has 4 heteroatoms. The summed E-state index contributed by atoms with van der Waals surface area (Å²) >= 11 is 3.47. The SMILES string of the molecule is CC(NC(=O)NCc1ccccc1)C1(c2ccc(Br)cc2)CC1. The van der Waals surface area contributed by atoms with Gasteiger partial charge in [0.1, 0.15) is 0 Å². The Labute approximate surface area is 145 Å². The molecular weight excluding hydrogens is 352 g/mol. The molecule has 3 rings (SSSR count). The molecule has 1 unspecified atom stereocenters. The lowest BCUT2D eigenvalue weighted by Crippen LogP contribution is -2.46. The molecule has 23 heavy (non-hydrogen) atoms. The molecule has 1 aliphatic rings. The number of urea groups is 1. The van der Waals surface area contributed by atoms with Gasteiger partial charge in [0.2, 0.25) is 0 Å². The summed E-state index contributed by atoms with van der Waals surface area (Å²) in [6.07, 6.45) is 2.24. The van der Waals surface area contributed by atoms with Gasteiger partial charge >= 0.3 is 6.03 Å². The largest absolute Gasteiger partial charge is 0.335 e. The van der Waals surface area contributed by atoms with Crippen molar-refractivity contribution in [3.05, 3.63) is 70.2 Å². The van der Waals surface area contributed by atoms with E-state index in [1.165, 1.54) is 5.56 Å². The van der Waals surface area contributed by atoms with Crippen LogP contribution in [0.4, 0.5) is 4.79 Å². The van der Waals surface area contributed by atoms with Crippen LogP contribution in [0.5, 0.6) is 0 Å². The zero-order chi connectivity index (χ0) is 16.3. The van der Waals surface area contributed by atoms with Crippen molar-refractivity contribution >= 4 is 22.0 Å². The molecule has 120 valence electrons. The normalized spacial score (nSPS) is 16.4. The molecule has 1 fully saturated rings. The second kappa shape index (κ2) is 6.75. The predicted molar refractivity (Wildman–Crippen MR) is 96.3 cm³/mol. The molecule has 1 atom stereocenters. The van der Waals surface area contributed by atoms with E-state index < -0.39 is 0 Å². The molecule has 0 spiro atoms. The van der Waals surface area contributed by atoms with Crippen molar-refractivity contribution in [3.8, 4) is 0 Å². The molecular formula is C19H21BrN2O. The topological polar surface area (TPSA) is 41.1 Å². The van der Waals surface area contributed by atoms with E-state index in [0.717, 1.165) is 22.9 Å². The highest BCUT2D eigenvalue weighted by atomic mass is 79.9. The van der Waals surface area contributed by atoms with Gasteiger partial charge < -0.3 is 10.6 Å². The van der Waals surface area contributed by atoms with Gasteiger partial charge in [-0.25, -0.2) is 4.79 Å². The van der Waals surface area contributed by atoms with Gasteiger partial charge in [0.15, 0.2) is 0 Å². The van der Waals surface area contributed by atoms with Crippen LogP contribution in [0.3, 0.4) is 0 Å². The molecule has 0 saturated heterocycles. The van der Waals surface area contributed by atoms with Crippen molar-refractivity contribution in [1.29, 1.82) is 0 Å². The zero-order valence-corrected chi connectivity index (χ0v) is 14.8. The number of rotatable bonds is 5. The summed E-state index contributed by atoms with van der Waals surface area (Å²) in [5.74, 6) is 0. The van der Waals surface area contributed by atoms with Gasteiger partial charge in [0.25, 0.3) is 0 Å². The Bertz CT molecular complexity index is 666. The Morgan fingerprint density at radius 1 is 1.13 bits per heavy atom. The van der Waals surface area contributed by atoms with Gasteiger partial charge in [-0.15, -0.1) is 0 Å².